The summed E-state index contributed by atoms with van der Waals surface area (Å²) in [6.45, 7) is 0.151. The molecule has 116 valence electrons. The Labute approximate surface area is 128 Å². The van der Waals surface area contributed by atoms with Crippen molar-refractivity contribution in [3.05, 3.63) is 29.8 Å². The van der Waals surface area contributed by atoms with Gasteiger partial charge in [-0.2, -0.15) is 0 Å². The fourth-order valence-corrected chi connectivity index (χ4v) is 4.52. The fourth-order valence-electron chi connectivity index (χ4n) is 3.13. The quantitative estimate of drug-likeness (QED) is 0.873. The van der Waals surface area contributed by atoms with Gasteiger partial charge in [-0.15, -0.1) is 11.8 Å². The molecule has 0 spiro atoms. The van der Waals surface area contributed by atoms with E-state index in [0.29, 0.717) is 11.3 Å². The van der Waals surface area contributed by atoms with E-state index in [1.54, 1.807) is 17.8 Å². The normalized spacial score (nSPS) is 29.6. The maximum Gasteiger partial charge on any atom is 0.159 e. The molecule has 0 radical (unpaired) electrons. The van der Waals surface area contributed by atoms with E-state index in [9.17, 15) is 13.9 Å². The van der Waals surface area contributed by atoms with Crippen LogP contribution in [-0.4, -0.2) is 28.5 Å². The van der Waals surface area contributed by atoms with Crippen LogP contribution in [0.4, 0.5) is 8.78 Å². The Morgan fingerprint density at radius 1 is 1.24 bits per heavy atom. The molecule has 2 aliphatic carbocycles. The first-order valence-corrected chi connectivity index (χ1v) is 8.48. The van der Waals surface area contributed by atoms with Crippen LogP contribution >= 0.6 is 11.8 Å². The van der Waals surface area contributed by atoms with Gasteiger partial charge < -0.3 is 10.4 Å². The fraction of sp³-hybridized carbons (Fsp3) is 0.625. The van der Waals surface area contributed by atoms with Crippen molar-refractivity contribution in [1.82, 2.24) is 5.32 Å². The first kappa shape index (κ1) is 15.3. The summed E-state index contributed by atoms with van der Waals surface area (Å²) in [7, 11) is 0. The van der Waals surface area contributed by atoms with Gasteiger partial charge in [0.15, 0.2) is 11.6 Å². The Hall–Kier alpha value is -0.650. The van der Waals surface area contributed by atoms with Gasteiger partial charge in [0.25, 0.3) is 0 Å². The van der Waals surface area contributed by atoms with E-state index in [1.165, 1.54) is 25.0 Å². The summed E-state index contributed by atoms with van der Waals surface area (Å²) >= 11 is 1.59. The van der Waals surface area contributed by atoms with E-state index < -0.39 is 11.6 Å². The second-order valence-corrected chi connectivity index (χ2v) is 7.64. The summed E-state index contributed by atoms with van der Waals surface area (Å²) in [6, 6.07) is 4.64. The minimum absolute atomic E-state index is 0.151. The number of benzene rings is 1. The summed E-state index contributed by atoms with van der Waals surface area (Å²) in [4.78, 5) is 0.763. The summed E-state index contributed by atoms with van der Waals surface area (Å²) < 4.78 is 26.3. The molecule has 2 unspecified atom stereocenters. The highest BCUT2D eigenvalue weighted by atomic mass is 32.2. The van der Waals surface area contributed by atoms with E-state index in [-0.39, 0.29) is 12.1 Å². The molecule has 5 heteroatoms. The lowest BCUT2D eigenvalue weighted by molar-refractivity contribution is 0.122. The molecule has 2 atom stereocenters. The summed E-state index contributed by atoms with van der Waals surface area (Å²) in [5.74, 6) is -1.59. The van der Waals surface area contributed by atoms with Crippen LogP contribution in [0.1, 0.15) is 38.5 Å². The minimum atomic E-state index is -0.803. The maximum absolute atomic E-state index is 13.3. The monoisotopic (exact) mass is 313 g/mol. The first-order valence-electron chi connectivity index (χ1n) is 7.60. The Kier molecular flexibility index (Phi) is 4.52. The number of hydrogen-bond acceptors (Lipinski definition) is 3. The van der Waals surface area contributed by atoms with E-state index >= 15 is 0 Å². The van der Waals surface area contributed by atoms with Gasteiger partial charge in [0, 0.05) is 21.7 Å². The number of aliphatic hydroxyl groups excluding tert-OH is 1. The Bertz CT molecular complexity index is 509. The summed E-state index contributed by atoms with van der Waals surface area (Å²) in [6.07, 6.45) is 6.38. The molecule has 0 aromatic heterocycles. The van der Waals surface area contributed by atoms with E-state index in [2.05, 4.69) is 5.32 Å². The number of hydrogen-bond donors (Lipinski definition) is 2. The summed E-state index contributed by atoms with van der Waals surface area (Å²) in [5.41, 5.74) is -0.185. The molecule has 0 bridgehead atoms. The van der Waals surface area contributed by atoms with Crippen LogP contribution in [0, 0.1) is 11.6 Å². The number of halogens is 2. The van der Waals surface area contributed by atoms with Crippen molar-refractivity contribution in [1.29, 1.82) is 0 Å². The molecular weight excluding hydrogens is 292 g/mol. The lowest BCUT2D eigenvalue weighted by Gasteiger charge is -2.40. The van der Waals surface area contributed by atoms with E-state index in [1.807, 2.05) is 0 Å². The zero-order valence-corrected chi connectivity index (χ0v) is 12.8. The first-order chi connectivity index (χ1) is 10.1. The molecule has 3 rings (SSSR count). The smallest absolute Gasteiger partial charge is 0.159 e. The zero-order valence-electron chi connectivity index (χ0n) is 11.9. The Morgan fingerprint density at radius 3 is 2.71 bits per heavy atom. The van der Waals surface area contributed by atoms with Gasteiger partial charge >= 0.3 is 0 Å². The second-order valence-electron chi connectivity index (χ2n) is 6.27. The van der Waals surface area contributed by atoms with Crippen LogP contribution in [-0.2, 0) is 0 Å². The number of thioether (sulfide) groups is 1. The SMILES string of the molecule is OCC1(NC2CC2)CCCC(Sc2ccc(F)c(F)c2)C1. The lowest BCUT2D eigenvalue weighted by atomic mass is 9.82. The Morgan fingerprint density at radius 2 is 2.05 bits per heavy atom. The van der Waals surface area contributed by atoms with Gasteiger partial charge in [0.05, 0.1) is 6.61 Å². The molecule has 0 amide bonds. The molecular formula is C16H21F2NOS. The molecule has 2 N–H and O–H groups in total. The number of nitrogens with one attached hydrogen (secondary N) is 1. The van der Waals surface area contributed by atoms with Gasteiger partial charge in [0.2, 0.25) is 0 Å². The van der Waals surface area contributed by atoms with Gasteiger partial charge in [-0.25, -0.2) is 8.78 Å². The molecule has 0 aliphatic heterocycles. The molecule has 0 heterocycles. The van der Waals surface area contributed by atoms with E-state index in [0.717, 1.165) is 30.6 Å². The largest absolute Gasteiger partial charge is 0.394 e. The van der Waals surface area contributed by atoms with Crippen molar-refractivity contribution < 1.29 is 13.9 Å². The van der Waals surface area contributed by atoms with Crippen molar-refractivity contribution in [2.24, 2.45) is 0 Å². The average Bonchev–Trinajstić information content (AvgIpc) is 3.27. The van der Waals surface area contributed by atoms with Crippen LogP contribution in [0.15, 0.2) is 23.1 Å². The average molecular weight is 313 g/mol. The number of rotatable bonds is 5. The molecule has 2 aliphatic rings. The van der Waals surface area contributed by atoms with Crippen LogP contribution < -0.4 is 5.32 Å². The topological polar surface area (TPSA) is 32.3 Å². The third-order valence-electron chi connectivity index (χ3n) is 4.38. The Balaban J connectivity index is 1.65. The maximum atomic E-state index is 13.3. The predicted octanol–water partition coefficient (Wildman–Crippen LogP) is 3.48. The molecule has 2 saturated carbocycles. The van der Waals surface area contributed by atoms with Crippen LogP contribution in [0.2, 0.25) is 0 Å². The van der Waals surface area contributed by atoms with Gasteiger partial charge in [0.1, 0.15) is 0 Å². The third-order valence-corrected chi connectivity index (χ3v) is 5.65. The minimum Gasteiger partial charge on any atom is -0.394 e. The van der Waals surface area contributed by atoms with Crippen molar-refractivity contribution in [3.8, 4) is 0 Å². The van der Waals surface area contributed by atoms with Crippen molar-refractivity contribution in [2.75, 3.05) is 6.61 Å². The zero-order chi connectivity index (χ0) is 14.9. The molecule has 2 nitrogen and oxygen atoms in total. The number of aliphatic hydroxyl groups is 1. The highest BCUT2D eigenvalue weighted by molar-refractivity contribution is 8.00. The van der Waals surface area contributed by atoms with Crippen LogP contribution in [0.25, 0.3) is 0 Å². The standard InChI is InChI=1S/C16H21F2NOS/c17-14-6-5-12(8-15(14)18)21-13-2-1-7-16(9-13,10-20)19-11-3-4-11/h5-6,8,11,13,19-20H,1-4,7,9-10H2. The lowest BCUT2D eigenvalue weighted by Crippen LogP contribution is -2.53. The molecule has 0 saturated heterocycles. The van der Waals surface area contributed by atoms with Crippen molar-refractivity contribution >= 4 is 11.8 Å². The molecule has 2 fully saturated rings. The third kappa shape index (κ3) is 3.76. The predicted molar refractivity (Wildman–Crippen MR) is 80.4 cm³/mol. The van der Waals surface area contributed by atoms with Crippen LogP contribution in [0.3, 0.4) is 0 Å². The van der Waals surface area contributed by atoms with Crippen LogP contribution in [0.5, 0.6) is 0 Å². The van der Waals surface area contributed by atoms with Crippen molar-refractivity contribution in [3.63, 3.8) is 0 Å². The van der Waals surface area contributed by atoms with Crippen molar-refractivity contribution in [2.45, 2.75) is 60.3 Å². The second kappa shape index (κ2) is 6.23. The van der Waals surface area contributed by atoms with E-state index in [4.69, 9.17) is 0 Å². The highest BCUT2D eigenvalue weighted by Gasteiger charge is 2.40. The van der Waals surface area contributed by atoms with Gasteiger partial charge in [-0.05, 0) is 50.3 Å². The van der Waals surface area contributed by atoms with Gasteiger partial charge in [-0.1, -0.05) is 6.42 Å². The van der Waals surface area contributed by atoms with Gasteiger partial charge in [-0.3, -0.25) is 0 Å². The highest BCUT2D eigenvalue weighted by Crippen LogP contribution is 2.40. The molecule has 1 aromatic carbocycles. The summed E-state index contributed by atoms with van der Waals surface area (Å²) in [5, 5.41) is 13.7. The molecule has 1 aromatic rings. The molecule has 21 heavy (non-hydrogen) atoms.